The summed E-state index contributed by atoms with van der Waals surface area (Å²) in [5.74, 6) is -0.410. The summed E-state index contributed by atoms with van der Waals surface area (Å²) in [6, 6.07) is 0.303. The molecule has 4 N–H and O–H groups in total. The molecule has 82 valence electrons. The Hall–Kier alpha value is -1.14. The van der Waals surface area contributed by atoms with Crippen LogP contribution in [0, 0.1) is 0 Å². The molecule has 0 aliphatic carbocycles. The zero-order chi connectivity index (χ0) is 10.8. The van der Waals surface area contributed by atoms with Crippen molar-refractivity contribution in [2.24, 2.45) is 11.5 Å². The molecular weight excluding hydrogens is 212 g/mol. The molecule has 2 rings (SSSR count). The molecule has 1 fully saturated rings. The minimum absolute atomic E-state index is 0.303. The van der Waals surface area contributed by atoms with Crippen molar-refractivity contribution in [2.45, 2.75) is 18.9 Å². The highest BCUT2D eigenvalue weighted by atomic mass is 32.1. The number of primary amides is 1. The van der Waals surface area contributed by atoms with E-state index < -0.39 is 5.91 Å². The molecule has 5 nitrogen and oxygen atoms in total. The number of thiazole rings is 1. The number of carbonyl (C=O) groups excluding carboxylic acids is 1. The van der Waals surface area contributed by atoms with Gasteiger partial charge in [0.1, 0.15) is 4.88 Å². The van der Waals surface area contributed by atoms with Gasteiger partial charge in [-0.1, -0.05) is 11.3 Å². The quantitative estimate of drug-likeness (QED) is 0.752. The highest BCUT2D eigenvalue weighted by Gasteiger charge is 2.19. The van der Waals surface area contributed by atoms with E-state index in [9.17, 15) is 4.79 Å². The van der Waals surface area contributed by atoms with Crippen LogP contribution in [0.4, 0.5) is 5.13 Å². The fourth-order valence-corrected chi connectivity index (χ4v) is 2.44. The van der Waals surface area contributed by atoms with E-state index in [0.717, 1.165) is 31.1 Å². The first-order valence-electron chi connectivity index (χ1n) is 4.93. The lowest BCUT2D eigenvalue weighted by Crippen LogP contribution is -2.39. The molecule has 0 bridgehead atoms. The average molecular weight is 226 g/mol. The standard InChI is InChI=1S/C9H14N4OS/c10-6-1-3-13(4-2-6)9-12-5-7(15-9)8(11)14/h5-6H,1-4,10H2,(H2,11,14). The topological polar surface area (TPSA) is 85.2 Å². The number of anilines is 1. The third-order valence-corrected chi connectivity index (χ3v) is 3.62. The Labute approximate surface area is 92.1 Å². The Kier molecular flexibility index (Phi) is 2.88. The van der Waals surface area contributed by atoms with Crippen molar-refractivity contribution in [3.8, 4) is 0 Å². The van der Waals surface area contributed by atoms with Gasteiger partial charge in [0.25, 0.3) is 5.91 Å². The van der Waals surface area contributed by atoms with Crippen molar-refractivity contribution in [1.29, 1.82) is 0 Å². The Morgan fingerprint density at radius 3 is 2.73 bits per heavy atom. The summed E-state index contributed by atoms with van der Waals surface area (Å²) in [7, 11) is 0. The molecule has 0 unspecified atom stereocenters. The van der Waals surface area contributed by atoms with E-state index in [0.29, 0.717) is 10.9 Å². The smallest absolute Gasteiger partial charge is 0.260 e. The molecule has 1 aliphatic heterocycles. The van der Waals surface area contributed by atoms with Gasteiger partial charge in [-0.2, -0.15) is 0 Å². The summed E-state index contributed by atoms with van der Waals surface area (Å²) in [4.78, 5) is 17.8. The number of rotatable bonds is 2. The lowest BCUT2D eigenvalue weighted by molar-refractivity contribution is 0.100. The molecule has 1 aromatic rings. The maximum absolute atomic E-state index is 10.9. The molecular formula is C9H14N4OS. The summed E-state index contributed by atoms with van der Waals surface area (Å²) >= 11 is 1.35. The molecule has 15 heavy (non-hydrogen) atoms. The fourth-order valence-electron chi connectivity index (χ4n) is 1.62. The number of aromatic nitrogens is 1. The SMILES string of the molecule is NC(=O)c1cnc(N2CCC(N)CC2)s1. The van der Waals surface area contributed by atoms with E-state index in [1.807, 2.05) is 0 Å². The molecule has 1 aliphatic rings. The number of hydrogen-bond acceptors (Lipinski definition) is 5. The third-order valence-electron chi connectivity index (χ3n) is 2.55. The summed E-state index contributed by atoms with van der Waals surface area (Å²) in [5, 5.41) is 0.871. The first-order valence-corrected chi connectivity index (χ1v) is 5.74. The van der Waals surface area contributed by atoms with Crippen LogP contribution in [0.3, 0.4) is 0 Å². The predicted octanol–water partition coefficient (Wildman–Crippen LogP) is 0.169. The van der Waals surface area contributed by atoms with Gasteiger partial charge in [-0.25, -0.2) is 4.98 Å². The average Bonchev–Trinajstić information content (AvgIpc) is 2.68. The zero-order valence-electron chi connectivity index (χ0n) is 8.35. The lowest BCUT2D eigenvalue weighted by atomic mass is 10.1. The van der Waals surface area contributed by atoms with Gasteiger partial charge in [0.15, 0.2) is 5.13 Å². The van der Waals surface area contributed by atoms with E-state index in [1.165, 1.54) is 17.5 Å². The number of nitrogens with two attached hydrogens (primary N) is 2. The van der Waals surface area contributed by atoms with Crippen LogP contribution in [0.2, 0.25) is 0 Å². The molecule has 0 radical (unpaired) electrons. The van der Waals surface area contributed by atoms with Gasteiger partial charge in [0, 0.05) is 19.1 Å². The van der Waals surface area contributed by atoms with Crippen molar-refractivity contribution >= 4 is 22.4 Å². The van der Waals surface area contributed by atoms with Crippen molar-refractivity contribution in [1.82, 2.24) is 4.98 Å². The Morgan fingerprint density at radius 1 is 1.53 bits per heavy atom. The molecule has 1 amide bonds. The van der Waals surface area contributed by atoms with E-state index in [4.69, 9.17) is 11.5 Å². The highest BCUT2D eigenvalue weighted by molar-refractivity contribution is 7.17. The zero-order valence-corrected chi connectivity index (χ0v) is 9.17. The fraction of sp³-hybridized carbons (Fsp3) is 0.556. The van der Waals surface area contributed by atoms with Crippen LogP contribution in [0.1, 0.15) is 22.5 Å². The van der Waals surface area contributed by atoms with Crippen LogP contribution in [-0.4, -0.2) is 30.0 Å². The Morgan fingerprint density at radius 2 is 2.20 bits per heavy atom. The Balaban J connectivity index is 2.06. The summed E-state index contributed by atoms with van der Waals surface area (Å²) in [5.41, 5.74) is 11.0. The van der Waals surface area contributed by atoms with Crippen LogP contribution in [-0.2, 0) is 0 Å². The van der Waals surface area contributed by atoms with Gasteiger partial charge >= 0.3 is 0 Å². The van der Waals surface area contributed by atoms with Gasteiger partial charge in [-0.15, -0.1) is 0 Å². The van der Waals surface area contributed by atoms with Crippen molar-refractivity contribution in [3.05, 3.63) is 11.1 Å². The summed E-state index contributed by atoms with van der Waals surface area (Å²) in [6.45, 7) is 1.82. The van der Waals surface area contributed by atoms with Crippen LogP contribution >= 0.6 is 11.3 Å². The number of nitrogens with zero attached hydrogens (tertiary/aromatic N) is 2. The van der Waals surface area contributed by atoms with Gasteiger partial charge < -0.3 is 16.4 Å². The number of carbonyl (C=O) groups is 1. The van der Waals surface area contributed by atoms with Crippen LogP contribution in [0.25, 0.3) is 0 Å². The molecule has 6 heteroatoms. The van der Waals surface area contributed by atoms with Crippen molar-refractivity contribution in [3.63, 3.8) is 0 Å². The minimum Gasteiger partial charge on any atom is -0.365 e. The molecule has 2 heterocycles. The van der Waals surface area contributed by atoms with Gasteiger partial charge in [0.05, 0.1) is 6.20 Å². The molecule has 1 saturated heterocycles. The summed E-state index contributed by atoms with van der Waals surface area (Å²) in [6.07, 6.45) is 3.49. The maximum Gasteiger partial charge on any atom is 0.260 e. The first-order chi connectivity index (χ1) is 7.16. The van der Waals surface area contributed by atoms with Crippen molar-refractivity contribution < 1.29 is 4.79 Å². The van der Waals surface area contributed by atoms with Gasteiger partial charge in [-0.3, -0.25) is 4.79 Å². The van der Waals surface area contributed by atoms with E-state index in [2.05, 4.69) is 9.88 Å². The van der Waals surface area contributed by atoms with Crippen molar-refractivity contribution in [2.75, 3.05) is 18.0 Å². The largest absolute Gasteiger partial charge is 0.365 e. The van der Waals surface area contributed by atoms with Crippen LogP contribution in [0.15, 0.2) is 6.20 Å². The van der Waals surface area contributed by atoms with Gasteiger partial charge in [0.2, 0.25) is 0 Å². The molecule has 1 aromatic heterocycles. The highest BCUT2D eigenvalue weighted by Crippen LogP contribution is 2.24. The van der Waals surface area contributed by atoms with Crippen LogP contribution in [0.5, 0.6) is 0 Å². The first kappa shape index (κ1) is 10.4. The van der Waals surface area contributed by atoms with Crippen LogP contribution < -0.4 is 16.4 Å². The normalized spacial score (nSPS) is 18.1. The predicted molar refractivity (Wildman–Crippen MR) is 60.1 cm³/mol. The minimum atomic E-state index is -0.410. The number of amides is 1. The van der Waals surface area contributed by atoms with E-state index in [-0.39, 0.29) is 0 Å². The molecule has 0 spiro atoms. The van der Waals surface area contributed by atoms with Gasteiger partial charge in [-0.05, 0) is 12.8 Å². The van der Waals surface area contributed by atoms with E-state index in [1.54, 1.807) is 0 Å². The Bertz CT molecular complexity index is 357. The summed E-state index contributed by atoms with van der Waals surface area (Å²) < 4.78 is 0. The molecule has 0 saturated carbocycles. The monoisotopic (exact) mass is 226 g/mol. The third kappa shape index (κ3) is 2.27. The molecule has 0 atom stereocenters. The molecule has 0 aromatic carbocycles. The second-order valence-corrected chi connectivity index (χ2v) is 4.70. The number of piperidine rings is 1. The second kappa shape index (κ2) is 4.16. The second-order valence-electron chi connectivity index (χ2n) is 3.70. The van der Waals surface area contributed by atoms with E-state index >= 15 is 0 Å². The lowest BCUT2D eigenvalue weighted by Gasteiger charge is -2.29. The maximum atomic E-state index is 10.9. The number of hydrogen-bond donors (Lipinski definition) is 2.